The molecule has 1 aromatic carbocycles. The molecule has 12 heavy (non-hydrogen) atoms. The summed E-state index contributed by atoms with van der Waals surface area (Å²) in [6, 6.07) is 6.31. The van der Waals surface area contributed by atoms with Gasteiger partial charge >= 0.3 is 0 Å². The molecule has 0 unspecified atom stereocenters. The Labute approximate surface area is 84.5 Å². The van der Waals surface area contributed by atoms with Crippen molar-refractivity contribution in [3.05, 3.63) is 40.3 Å². The molecule has 0 heterocycles. The van der Waals surface area contributed by atoms with E-state index in [4.69, 9.17) is 0 Å². The topological polar surface area (TPSA) is 0 Å². The maximum atomic E-state index is 4.32. The molecule has 0 bridgehead atoms. The summed E-state index contributed by atoms with van der Waals surface area (Å²) >= 11 is 8.39. The lowest BCUT2D eigenvalue weighted by Crippen LogP contribution is -1.84. The van der Waals surface area contributed by atoms with E-state index >= 15 is 0 Å². The number of hydrogen-bond donors (Lipinski definition) is 2. The smallest absolute Gasteiger partial charge is 0.0176 e. The molecular weight excluding hydrogens is 184 g/mol. The molecule has 0 radical (unpaired) electrons. The standard InChI is InChI=1S/C10H12S2/c1-7-3-4-8(2)9(5-7)10(12)6-11/h3-6,11-12H,1-2H3. The van der Waals surface area contributed by atoms with Gasteiger partial charge in [-0.25, -0.2) is 0 Å². The second-order valence-corrected chi connectivity index (χ2v) is 3.57. The van der Waals surface area contributed by atoms with Crippen LogP contribution in [0.2, 0.25) is 0 Å². The largest absolute Gasteiger partial charge is 0.150 e. The van der Waals surface area contributed by atoms with Crippen LogP contribution in [0.3, 0.4) is 0 Å². The van der Waals surface area contributed by atoms with E-state index in [1.165, 1.54) is 11.1 Å². The normalized spacial score (nSPS) is 11.8. The van der Waals surface area contributed by atoms with E-state index in [1.807, 2.05) is 0 Å². The first kappa shape index (κ1) is 9.75. The van der Waals surface area contributed by atoms with Gasteiger partial charge in [-0.3, -0.25) is 0 Å². The molecule has 0 aliphatic carbocycles. The predicted molar refractivity (Wildman–Crippen MR) is 61.9 cm³/mol. The summed E-state index contributed by atoms with van der Waals surface area (Å²) in [6.45, 7) is 4.14. The Morgan fingerprint density at radius 3 is 2.58 bits per heavy atom. The van der Waals surface area contributed by atoms with Crippen molar-refractivity contribution in [2.45, 2.75) is 13.8 Å². The van der Waals surface area contributed by atoms with E-state index in [0.717, 1.165) is 10.5 Å². The molecule has 0 aliphatic heterocycles. The Morgan fingerprint density at radius 2 is 2.00 bits per heavy atom. The van der Waals surface area contributed by atoms with Crippen LogP contribution >= 0.6 is 25.3 Å². The predicted octanol–water partition coefficient (Wildman–Crippen LogP) is 3.46. The Kier molecular flexibility index (Phi) is 3.29. The fourth-order valence-electron chi connectivity index (χ4n) is 1.08. The quantitative estimate of drug-likeness (QED) is 0.631. The van der Waals surface area contributed by atoms with Crippen LogP contribution < -0.4 is 0 Å². The van der Waals surface area contributed by atoms with Crippen LogP contribution in [0.5, 0.6) is 0 Å². The van der Waals surface area contributed by atoms with Crippen molar-refractivity contribution in [2.75, 3.05) is 0 Å². The van der Waals surface area contributed by atoms with Gasteiger partial charge in [0.15, 0.2) is 0 Å². The highest BCUT2D eigenvalue weighted by Crippen LogP contribution is 2.23. The maximum Gasteiger partial charge on any atom is 0.0176 e. The van der Waals surface area contributed by atoms with Crippen molar-refractivity contribution in [2.24, 2.45) is 0 Å². The first-order valence-electron chi connectivity index (χ1n) is 3.76. The van der Waals surface area contributed by atoms with Gasteiger partial charge < -0.3 is 0 Å². The van der Waals surface area contributed by atoms with Crippen molar-refractivity contribution in [3.63, 3.8) is 0 Å². The van der Waals surface area contributed by atoms with E-state index in [2.05, 4.69) is 57.3 Å². The fraction of sp³-hybridized carbons (Fsp3) is 0.200. The molecule has 0 aromatic heterocycles. The molecule has 0 amide bonds. The van der Waals surface area contributed by atoms with Gasteiger partial charge in [-0.1, -0.05) is 23.8 Å². The molecule has 0 atom stereocenters. The van der Waals surface area contributed by atoms with E-state index in [0.29, 0.717) is 0 Å². The SMILES string of the molecule is Cc1ccc(C)c(C(S)=CS)c1. The fourth-order valence-corrected chi connectivity index (χ4v) is 1.46. The summed E-state index contributed by atoms with van der Waals surface area (Å²) in [4.78, 5) is 0.916. The van der Waals surface area contributed by atoms with Gasteiger partial charge in [0.05, 0.1) is 0 Å². The molecule has 0 fully saturated rings. The molecule has 0 nitrogen and oxygen atoms in total. The Bertz CT molecular complexity index is 314. The molecule has 1 rings (SSSR count). The van der Waals surface area contributed by atoms with Gasteiger partial charge in [0, 0.05) is 4.91 Å². The number of benzene rings is 1. The van der Waals surface area contributed by atoms with Crippen LogP contribution in [0.15, 0.2) is 23.6 Å². The Balaban J connectivity index is 3.23. The van der Waals surface area contributed by atoms with Crippen molar-refractivity contribution >= 4 is 30.2 Å². The first-order chi connectivity index (χ1) is 5.65. The summed E-state index contributed by atoms with van der Waals surface area (Å²) in [5.41, 5.74) is 3.64. The third kappa shape index (κ3) is 2.08. The van der Waals surface area contributed by atoms with Crippen molar-refractivity contribution in [1.29, 1.82) is 0 Å². The zero-order valence-corrected chi connectivity index (χ0v) is 8.99. The molecule has 0 saturated heterocycles. The summed E-state index contributed by atoms with van der Waals surface area (Å²) < 4.78 is 0. The third-order valence-electron chi connectivity index (χ3n) is 1.79. The minimum absolute atomic E-state index is 0.916. The molecule has 0 saturated carbocycles. The van der Waals surface area contributed by atoms with Crippen LogP contribution in [-0.2, 0) is 0 Å². The number of thiol groups is 2. The van der Waals surface area contributed by atoms with Gasteiger partial charge in [-0.2, -0.15) is 12.6 Å². The maximum absolute atomic E-state index is 4.32. The lowest BCUT2D eigenvalue weighted by Gasteiger charge is -2.05. The van der Waals surface area contributed by atoms with E-state index in [-0.39, 0.29) is 0 Å². The van der Waals surface area contributed by atoms with Crippen LogP contribution in [0.1, 0.15) is 16.7 Å². The first-order valence-corrected chi connectivity index (χ1v) is 4.72. The molecule has 0 spiro atoms. The Morgan fingerprint density at radius 1 is 1.33 bits per heavy atom. The van der Waals surface area contributed by atoms with Crippen LogP contribution in [0, 0.1) is 13.8 Å². The lowest BCUT2D eigenvalue weighted by molar-refractivity contribution is 1.37. The van der Waals surface area contributed by atoms with Crippen molar-refractivity contribution < 1.29 is 0 Å². The minimum Gasteiger partial charge on any atom is -0.150 e. The van der Waals surface area contributed by atoms with Crippen molar-refractivity contribution in [3.8, 4) is 0 Å². The van der Waals surface area contributed by atoms with E-state index in [1.54, 1.807) is 5.41 Å². The average molecular weight is 196 g/mol. The molecular formula is C10H12S2. The van der Waals surface area contributed by atoms with Gasteiger partial charge in [-0.15, -0.1) is 12.6 Å². The summed E-state index contributed by atoms with van der Waals surface area (Å²) in [7, 11) is 0. The van der Waals surface area contributed by atoms with Gasteiger partial charge in [0.25, 0.3) is 0 Å². The van der Waals surface area contributed by atoms with E-state index < -0.39 is 0 Å². The zero-order valence-electron chi connectivity index (χ0n) is 7.20. The third-order valence-corrected chi connectivity index (χ3v) is 2.62. The van der Waals surface area contributed by atoms with Gasteiger partial charge in [0.1, 0.15) is 0 Å². The minimum atomic E-state index is 0.916. The molecule has 0 N–H and O–H groups in total. The number of rotatable bonds is 1. The summed E-state index contributed by atoms with van der Waals surface area (Å²) in [5.74, 6) is 0. The highest BCUT2D eigenvalue weighted by Gasteiger charge is 1.99. The summed E-state index contributed by atoms with van der Waals surface area (Å²) in [5, 5.41) is 1.71. The highest BCUT2D eigenvalue weighted by molar-refractivity contribution is 7.92. The monoisotopic (exact) mass is 196 g/mol. The second kappa shape index (κ2) is 4.06. The van der Waals surface area contributed by atoms with Gasteiger partial charge in [-0.05, 0) is 30.4 Å². The van der Waals surface area contributed by atoms with Crippen molar-refractivity contribution in [1.82, 2.24) is 0 Å². The molecule has 0 aliphatic rings. The summed E-state index contributed by atoms with van der Waals surface area (Å²) in [6.07, 6.45) is 0. The average Bonchev–Trinajstić information content (AvgIpc) is 2.08. The van der Waals surface area contributed by atoms with Crippen LogP contribution in [0.4, 0.5) is 0 Å². The Hall–Kier alpha value is -0.340. The molecule has 1 aromatic rings. The molecule has 2 heteroatoms. The van der Waals surface area contributed by atoms with Crippen LogP contribution in [0.25, 0.3) is 4.91 Å². The van der Waals surface area contributed by atoms with E-state index in [9.17, 15) is 0 Å². The lowest BCUT2D eigenvalue weighted by atomic mass is 10.1. The molecule has 64 valence electrons. The number of aryl methyl sites for hydroxylation is 2. The number of hydrogen-bond acceptors (Lipinski definition) is 2. The highest BCUT2D eigenvalue weighted by atomic mass is 32.1. The zero-order chi connectivity index (χ0) is 9.14. The van der Waals surface area contributed by atoms with Crippen LogP contribution in [-0.4, -0.2) is 0 Å². The van der Waals surface area contributed by atoms with Gasteiger partial charge in [0.2, 0.25) is 0 Å². The second-order valence-electron chi connectivity index (χ2n) is 2.83.